The van der Waals surface area contributed by atoms with Gasteiger partial charge in [-0.3, -0.25) is 0 Å². The van der Waals surface area contributed by atoms with Crippen LogP contribution < -0.4 is 4.74 Å². The van der Waals surface area contributed by atoms with E-state index in [1.54, 1.807) is 13.2 Å². The number of methoxy groups -OCH3 is 1. The molecule has 0 aliphatic rings. The molecule has 1 aromatic heterocycles. The van der Waals surface area contributed by atoms with Gasteiger partial charge < -0.3 is 9.84 Å². The largest absolute Gasteiger partial charge is 0.481 e. The lowest BCUT2D eigenvalue weighted by molar-refractivity contribution is 0.158. The minimum Gasteiger partial charge on any atom is -0.481 e. The number of rotatable bonds is 11. The van der Waals surface area contributed by atoms with E-state index in [0.29, 0.717) is 11.6 Å². The Morgan fingerprint density at radius 3 is 2.35 bits per heavy atom. The van der Waals surface area contributed by atoms with E-state index in [1.165, 1.54) is 51.3 Å². The lowest BCUT2D eigenvalue weighted by Crippen LogP contribution is -2.02. The van der Waals surface area contributed by atoms with E-state index in [4.69, 9.17) is 4.74 Å². The van der Waals surface area contributed by atoms with E-state index >= 15 is 0 Å². The molecule has 20 heavy (non-hydrogen) atoms. The number of hydrogen-bond donors (Lipinski definition) is 1. The molecule has 0 saturated carbocycles. The summed E-state index contributed by atoms with van der Waals surface area (Å²) >= 11 is 0. The van der Waals surface area contributed by atoms with Crippen LogP contribution in [0.25, 0.3) is 0 Å². The van der Waals surface area contributed by atoms with Crippen molar-refractivity contribution in [1.29, 1.82) is 0 Å². The average Bonchev–Trinajstić information content (AvgIpc) is 2.49. The molecule has 1 N–H and O–H groups in total. The van der Waals surface area contributed by atoms with Crippen LogP contribution in [-0.2, 0) is 0 Å². The maximum Gasteiger partial charge on any atom is 0.216 e. The zero-order valence-electron chi connectivity index (χ0n) is 12.8. The summed E-state index contributed by atoms with van der Waals surface area (Å²) in [6.07, 6.45) is 11.9. The molecular weight excluding hydrogens is 252 g/mol. The highest BCUT2D eigenvalue weighted by Crippen LogP contribution is 2.20. The minimum absolute atomic E-state index is 0.505. The highest BCUT2D eigenvalue weighted by Gasteiger charge is 2.10. The van der Waals surface area contributed by atoms with Gasteiger partial charge in [0.05, 0.1) is 18.9 Å². The SMILES string of the molecule is CCCCCCCCCCC(O)c1cc(OC)ncn1. The first-order chi connectivity index (χ1) is 9.77. The van der Waals surface area contributed by atoms with Crippen molar-refractivity contribution in [3.8, 4) is 5.88 Å². The normalized spacial score (nSPS) is 12.3. The van der Waals surface area contributed by atoms with E-state index in [1.807, 2.05) is 0 Å². The number of unbranched alkanes of at least 4 members (excludes halogenated alkanes) is 7. The highest BCUT2D eigenvalue weighted by molar-refractivity contribution is 5.15. The molecule has 114 valence electrons. The summed E-state index contributed by atoms with van der Waals surface area (Å²) in [7, 11) is 1.57. The van der Waals surface area contributed by atoms with Gasteiger partial charge in [0.2, 0.25) is 5.88 Å². The zero-order valence-corrected chi connectivity index (χ0v) is 12.8. The molecule has 1 aromatic rings. The molecule has 1 rings (SSSR count). The van der Waals surface area contributed by atoms with Crippen molar-refractivity contribution in [3.05, 3.63) is 18.1 Å². The Labute approximate surface area is 122 Å². The maximum atomic E-state index is 10.1. The quantitative estimate of drug-likeness (QED) is 0.621. The van der Waals surface area contributed by atoms with Gasteiger partial charge in [0.1, 0.15) is 6.33 Å². The topological polar surface area (TPSA) is 55.2 Å². The van der Waals surface area contributed by atoms with Gasteiger partial charge in [-0.1, -0.05) is 58.3 Å². The zero-order chi connectivity index (χ0) is 14.6. The number of aliphatic hydroxyl groups excluding tert-OH is 1. The number of aromatic nitrogens is 2. The predicted octanol–water partition coefficient (Wildman–Crippen LogP) is 4.05. The van der Waals surface area contributed by atoms with Gasteiger partial charge in [0, 0.05) is 6.07 Å². The third-order valence-corrected chi connectivity index (χ3v) is 3.54. The Kier molecular flexibility index (Phi) is 8.96. The lowest BCUT2D eigenvalue weighted by Gasteiger charge is -2.10. The van der Waals surface area contributed by atoms with Crippen molar-refractivity contribution < 1.29 is 9.84 Å². The molecule has 4 heteroatoms. The van der Waals surface area contributed by atoms with Crippen LogP contribution in [0, 0.1) is 0 Å². The summed E-state index contributed by atoms with van der Waals surface area (Å²) in [6, 6.07) is 1.70. The van der Waals surface area contributed by atoms with Crippen LogP contribution in [-0.4, -0.2) is 22.2 Å². The first kappa shape index (κ1) is 16.9. The van der Waals surface area contributed by atoms with Gasteiger partial charge in [-0.05, 0) is 6.42 Å². The van der Waals surface area contributed by atoms with Gasteiger partial charge in [0.15, 0.2) is 0 Å². The molecular formula is C16H28N2O2. The Morgan fingerprint density at radius 2 is 1.70 bits per heavy atom. The lowest BCUT2D eigenvalue weighted by atomic mass is 10.0. The second-order valence-corrected chi connectivity index (χ2v) is 5.26. The molecule has 0 aromatic carbocycles. The summed E-state index contributed by atoms with van der Waals surface area (Å²) in [5.74, 6) is 0.505. The summed E-state index contributed by atoms with van der Waals surface area (Å²) < 4.78 is 5.03. The van der Waals surface area contributed by atoms with Crippen LogP contribution in [0.2, 0.25) is 0 Å². The summed E-state index contributed by atoms with van der Waals surface area (Å²) in [4.78, 5) is 8.04. The van der Waals surface area contributed by atoms with Crippen LogP contribution >= 0.6 is 0 Å². The van der Waals surface area contributed by atoms with Crippen molar-refractivity contribution in [3.63, 3.8) is 0 Å². The van der Waals surface area contributed by atoms with Crippen LogP contribution in [0.4, 0.5) is 0 Å². The smallest absolute Gasteiger partial charge is 0.216 e. The maximum absolute atomic E-state index is 10.1. The van der Waals surface area contributed by atoms with Gasteiger partial charge in [-0.2, -0.15) is 0 Å². The third kappa shape index (κ3) is 6.85. The Bertz CT molecular complexity index is 358. The monoisotopic (exact) mass is 280 g/mol. The Balaban J connectivity index is 2.12. The molecule has 4 nitrogen and oxygen atoms in total. The van der Waals surface area contributed by atoms with Crippen molar-refractivity contribution in [2.24, 2.45) is 0 Å². The van der Waals surface area contributed by atoms with Gasteiger partial charge in [-0.15, -0.1) is 0 Å². The molecule has 0 aliphatic heterocycles. The van der Waals surface area contributed by atoms with Crippen molar-refractivity contribution in [1.82, 2.24) is 9.97 Å². The van der Waals surface area contributed by atoms with Gasteiger partial charge in [-0.25, -0.2) is 9.97 Å². The molecule has 0 fully saturated rings. The van der Waals surface area contributed by atoms with Crippen molar-refractivity contribution in [2.45, 2.75) is 70.8 Å². The molecule has 0 saturated heterocycles. The highest BCUT2D eigenvalue weighted by atomic mass is 16.5. The van der Waals surface area contributed by atoms with E-state index in [0.717, 1.165) is 12.8 Å². The first-order valence-electron chi connectivity index (χ1n) is 7.82. The summed E-state index contributed by atoms with van der Waals surface area (Å²) in [5, 5.41) is 10.1. The second kappa shape index (κ2) is 10.6. The third-order valence-electron chi connectivity index (χ3n) is 3.54. The fourth-order valence-electron chi connectivity index (χ4n) is 2.27. The molecule has 0 bridgehead atoms. The Morgan fingerprint density at radius 1 is 1.05 bits per heavy atom. The van der Waals surface area contributed by atoms with Crippen LogP contribution in [0.15, 0.2) is 12.4 Å². The van der Waals surface area contributed by atoms with Crippen LogP contribution in [0.3, 0.4) is 0 Å². The molecule has 0 radical (unpaired) electrons. The Hall–Kier alpha value is -1.16. The first-order valence-corrected chi connectivity index (χ1v) is 7.82. The number of nitrogens with zero attached hydrogens (tertiary/aromatic N) is 2. The van der Waals surface area contributed by atoms with Crippen LogP contribution in [0.1, 0.15) is 76.5 Å². The van der Waals surface area contributed by atoms with E-state index in [2.05, 4.69) is 16.9 Å². The van der Waals surface area contributed by atoms with Crippen LogP contribution in [0.5, 0.6) is 5.88 Å². The minimum atomic E-state index is -0.507. The van der Waals surface area contributed by atoms with E-state index in [-0.39, 0.29) is 0 Å². The summed E-state index contributed by atoms with van der Waals surface area (Å²) in [6.45, 7) is 2.24. The molecule has 1 unspecified atom stereocenters. The molecule has 0 amide bonds. The number of hydrogen-bond acceptors (Lipinski definition) is 4. The predicted molar refractivity (Wildman–Crippen MR) is 80.8 cm³/mol. The number of ether oxygens (including phenoxy) is 1. The fourth-order valence-corrected chi connectivity index (χ4v) is 2.27. The summed E-state index contributed by atoms with van der Waals surface area (Å²) in [5.41, 5.74) is 0.653. The van der Waals surface area contributed by atoms with Crippen molar-refractivity contribution in [2.75, 3.05) is 7.11 Å². The van der Waals surface area contributed by atoms with E-state index in [9.17, 15) is 5.11 Å². The van der Waals surface area contributed by atoms with E-state index < -0.39 is 6.10 Å². The fraction of sp³-hybridized carbons (Fsp3) is 0.750. The van der Waals surface area contributed by atoms with Gasteiger partial charge in [0.25, 0.3) is 0 Å². The van der Waals surface area contributed by atoms with Crippen molar-refractivity contribution >= 4 is 0 Å². The van der Waals surface area contributed by atoms with Gasteiger partial charge >= 0.3 is 0 Å². The standard InChI is InChI=1S/C16H28N2O2/c1-3-4-5-6-7-8-9-10-11-15(19)14-12-16(20-2)18-13-17-14/h12-13,15,19H,3-11H2,1-2H3. The number of aliphatic hydroxyl groups is 1. The molecule has 1 atom stereocenters. The molecule has 0 spiro atoms. The average molecular weight is 280 g/mol. The molecule has 1 heterocycles. The molecule has 0 aliphatic carbocycles. The second-order valence-electron chi connectivity index (χ2n) is 5.26.